The van der Waals surface area contributed by atoms with Gasteiger partial charge in [0.2, 0.25) is 5.91 Å². The number of anilines is 1. The summed E-state index contributed by atoms with van der Waals surface area (Å²) in [6.45, 7) is 2.01. The molecule has 2 bridgehead atoms. The molecule has 1 aromatic carbocycles. The van der Waals surface area contributed by atoms with Crippen LogP contribution in [0.5, 0.6) is 0 Å². The Kier molecular flexibility index (Phi) is 2.71. The van der Waals surface area contributed by atoms with Gasteiger partial charge in [0.05, 0.1) is 17.9 Å². The van der Waals surface area contributed by atoms with Crippen LogP contribution in [0, 0.1) is 23.6 Å². The number of carbonyl (C=O) groups excluding carboxylic acids is 2. The maximum atomic E-state index is 13.8. The third-order valence-electron chi connectivity index (χ3n) is 5.21. The average Bonchev–Trinajstić information content (AvgIpc) is 3.14. The fourth-order valence-corrected chi connectivity index (χ4v) is 4.47. The smallest absolute Gasteiger partial charge is 0.310 e. The molecule has 0 unspecified atom stereocenters. The summed E-state index contributed by atoms with van der Waals surface area (Å²) in [4.78, 5) is 25.3. The zero-order valence-corrected chi connectivity index (χ0v) is 12.1. The fourth-order valence-electron chi connectivity index (χ4n) is 4.47. The van der Waals surface area contributed by atoms with Gasteiger partial charge in [-0.25, -0.2) is 4.39 Å². The maximum Gasteiger partial charge on any atom is 0.310 e. The topological polar surface area (TPSA) is 55.4 Å². The minimum Gasteiger partial charge on any atom is -0.466 e. The van der Waals surface area contributed by atoms with Gasteiger partial charge >= 0.3 is 5.97 Å². The number of ether oxygens (including phenoxy) is 1. The predicted octanol–water partition coefficient (Wildman–Crippen LogP) is 2.40. The van der Waals surface area contributed by atoms with Gasteiger partial charge in [0.1, 0.15) is 5.82 Å². The van der Waals surface area contributed by atoms with E-state index in [4.69, 9.17) is 4.74 Å². The molecule has 1 spiro atoms. The Balaban J connectivity index is 1.92. The van der Waals surface area contributed by atoms with Crippen LogP contribution in [0.3, 0.4) is 0 Å². The van der Waals surface area contributed by atoms with Crippen LogP contribution in [0.25, 0.3) is 0 Å². The van der Waals surface area contributed by atoms with E-state index in [0.717, 1.165) is 6.42 Å². The van der Waals surface area contributed by atoms with E-state index in [1.165, 1.54) is 12.1 Å². The first-order chi connectivity index (χ1) is 10.6. The zero-order valence-electron chi connectivity index (χ0n) is 12.1. The van der Waals surface area contributed by atoms with Crippen molar-refractivity contribution in [2.24, 2.45) is 17.8 Å². The van der Waals surface area contributed by atoms with Crippen molar-refractivity contribution in [3.63, 3.8) is 0 Å². The second-order valence-corrected chi connectivity index (χ2v) is 6.13. The first-order valence-electron chi connectivity index (χ1n) is 7.55. The van der Waals surface area contributed by atoms with E-state index in [-0.39, 0.29) is 30.3 Å². The summed E-state index contributed by atoms with van der Waals surface area (Å²) < 4.78 is 19.0. The van der Waals surface area contributed by atoms with E-state index in [0.29, 0.717) is 11.3 Å². The Morgan fingerprint density at radius 3 is 3.05 bits per heavy atom. The zero-order chi connectivity index (χ0) is 15.5. The van der Waals surface area contributed by atoms with Crippen LogP contribution in [0.15, 0.2) is 30.4 Å². The van der Waals surface area contributed by atoms with Gasteiger partial charge in [0.25, 0.3) is 0 Å². The molecule has 1 fully saturated rings. The van der Waals surface area contributed by atoms with Gasteiger partial charge < -0.3 is 10.1 Å². The third-order valence-corrected chi connectivity index (χ3v) is 5.21. The van der Waals surface area contributed by atoms with E-state index in [9.17, 15) is 14.0 Å². The predicted molar refractivity (Wildman–Crippen MR) is 77.6 cm³/mol. The molecule has 0 saturated heterocycles. The minimum atomic E-state index is -1.02. The van der Waals surface area contributed by atoms with E-state index in [2.05, 4.69) is 5.32 Å². The summed E-state index contributed by atoms with van der Waals surface area (Å²) in [5.74, 6) is -1.68. The summed E-state index contributed by atoms with van der Waals surface area (Å²) in [7, 11) is 0. The summed E-state index contributed by atoms with van der Waals surface area (Å²) >= 11 is 0. The molecule has 1 amide bonds. The van der Waals surface area contributed by atoms with Crippen molar-refractivity contribution in [2.45, 2.75) is 18.8 Å². The molecule has 114 valence electrons. The lowest BCUT2D eigenvalue weighted by molar-refractivity contribution is -0.153. The van der Waals surface area contributed by atoms with Crippen molar-refractivity contribution in [3.05, 3.63) is 41.7 Å². The van der Waals surface area contributed by atoms with Crippen LogP contribution < -0.4 is 5.32 Å². The average molecular weight is 301 g/mol. The molecule has 4 atom stereocenters. The standard InChI is InChI=1S/C17H16FNO3/c1-2-22-15(20)14-9-3-4-10(7-9)17(14)12-8-11(18)5-6-13(12)19-16(17)21/h3-6,8-10,14H,2,7H2,1H3,(H,19,21)/t9-,10+,14+,17+/m1/s1. The van der Waals surface area contributed by atoms with Gasteiger partial charge in [0, 0.05) is 5.69 Å². The lowest BCUT2D eigenvalue weighted by Gasteiger charge is -2.35. The Labute approximate surface area is 127 Å². The SMILES string of the molecule is CCOC(=O)[C@@H]1[C@@H]2C=C[C@@H](C2)[C@@]12C(=O)Nc1ccc(F)cc12. The molecule has 1 saturated carbocycles. The van der Waals surface area contributed by atoms with Crippen LogP contribution in [-0.2, 0) is 19.7 Å². The largest absolute Gasteiger partial charge is 0.466 e. The van der Waals surface area contributed by atoms with Crippen molar-refractivity contribution in [1.82, 2.24) is 0 Å². The molecular formula is C17H16FNO3. The first kappa shape index (κ1) is 13.5. The number of nitrogens with one attached hydrogen (secondary N) is 1. The van der Waals surface area contributed by atoms with E-state index < -0.39 is 17.2 Å². The molecule has 1 aliphatic heterocycles. The van der Waals surface area contributed by atoms with Crippen LogP contribution >= 0.6 is 0 Å². The second kappa shape index (κ2) is 4.41. The number of hydrogen-bond donors (Lipinski definition) is 1. The van der Waals surface area contributed by atoms with Crippen molar-refractivity contribution in [2.75, 3.05) is 11.9 Å². The minimum absolute atomic E-state index is 0.0241. The van der Waals surface area contributed by atoms with Gasteiger partial charge in [-0.15, -0.1) is 0 Å². The highest BCUT2D eigenvalue weighted by Crippen LogP contribution is 2.61. The Hall–Kier alpha value is -2.17. The third kappa shape index (κ3) is 1.46. The van der Waals surface area contributed by atoms with E-state index in [1.807, 2.05) is 12.2 Å². The number of halogens is 1. The van der Waals surface area contributed by atoms with Crippen molar-refractivity contribution in [3.8, 4) is 0 Å². The molecule has 1 N–H and O–H groups in total. The Morgan fingerprint density at radius 1 is 1.45 bits per heavy atom. The van der Waals surface area contributed by atoms with Gasteiger partial charge in [-0.05, 0) is 48.9 Å². The number of amides is 1. The van der Waals surface area contributed by atoms with E-state index >= 15 is 0 Å². The molecule has 4 nitrogen and oxygen atoms in total. The lowest BCUT2D eigenvalue weighted by atomic mass is 9.65. The fraction of sp³-hybridized carbons (Fsp3) is 0.412. The van der Waals surface area contributed by atoms with Gasteiger partial charge in [-0.1, -0.05) is 12.2 Å². The van der Waals surface area contributed by atoms with E-state index in [1.54, 1.807) is 13.0 Å². The highest BCUT2D eigenvalue weighted by molar-refractivity contribution is 6.10. The van der Waals surface area contributed by atoms with Crippen LogP contribution in [0.4, 0.5) is 10.1 Å². The lowest BCUT2D eigenvalue weighted by Crippen LogP contribution is -2.48. The monoisotopic (exact) mass is 301 g/mol. The first-order valence-corrected chi connectivity index (χ1v) is 7.55. The molecular weight excluding hydrogens is 285 g/mol. The molecule has 4 rings (SSSR count). The van der Waals surface area contributed by atoms with Crippen molar-refractivity contribution >= 4 is 17.6 Å². The summed E-state index contributed by atoms with van der Waals surface area (Å²) in [5.41, 5.74) is 0.164. The summed E-state index contributed by atoms with van der Waals surface area (Å²) in [6, 6.07) is 4.27. The van der Waals surface area contributed by atoms with Gasteiger partial charge in [-0.2, -0.15) is 0 Å². The number of esters is 1. The number of allylic oxidation sites excluding steroid dienone is 2. The van der Waals surface area contributed by atoms with Crippen molar-refractivity contribution in [1.29, 1.82) is 0 Å². The van der Waals surface area contributed by atoms with Gasteiger partial charge in [-0.3, -0.25) is 9.59 Å². The molecule has 5 heteroatoms. The second-order valence-electron chi connectivity index (χ2n) is 6.13. The quantitative estimate of drug-likeness (QED) is 0.674. The Morgan fingerprint density at radius 2 is 2.27 bits per heavy atom. The number of carbonyl (C=O) groups is 2. The highest BCUT2D eigenvalue weighted by Gasteiger charge is 2.67. The summed E-state index contributed by atoms with van der Waals surface area (Å²) in [6.07, 6.45) is 4.70. The number of benzene rings is 1. The van der Waals surface area contributed by atoms with Crippen LogP contribution in [0.2, 0.25) is 0 Å². The molecule has 2 aliphatic carbocycles. The van der Waals surface area contributed by atoms with Crippen LogP contribution in [0.1, 0.15) is 18.9 Å². The molecule has 0 radical (unpaired) electrons. The number of rotatable bonds is 2. The molecule has 1 heterocycles. The molecule has 1 aromatic rings. The molecule has 22 heavy (non-hydrogen) atoms. The molecule has 0 aromatic heterocycles. The highest BCUT2D eigenvalue weighted by atomic mass is 19.1. The summed E-state index contributed by atoms with van der Waals surface area (Å²) in [5, 5.41) is 2.82. The number of fused-ring (bicyclic) bond motifs is 5. The maximum absolute atomic E-state index is 13.8. The van der Waals surface area contributed by atoms with Gasteiger partial charge in [0.15, 0.2) is 0 Å². The van der Waals surface area contributed by atoms with Crippen molar-refractivity contribution < 1.29 is 18.7 Å². The molecule has 3 aliphatic rings. The van der Waals surface area contributed by atoms with Crippen LogP contribution in [-0.4, -0.2) is 18.5 Å². The normalized spacial score (nSPS) is 34.1. The Bertz CT molecular complexity index is 714. The number of hydrogen-bond acceptors (Lipinski definition) is 3.